The van der Waals surface area contributed by atoms with Crippen molar-refractivity contribution >= 4 is 11.6 Å². The van der Waals surface area contributed by atoms with Crippen molar-refractivity contribution in [3.8, 4) is 0 Å². The zero-order valence-corrected chi connectivity index (χ0v) is 9.05. The van der Waals surface area contributed by atoms with Crippen LogP contribution in [0.5, 0.6) is 0 Å². The van der Waals surface area contributed by atoms with Crippen molar-refractivity contribution in [2.45, 2.75) is 33.6 Å². The summed E-state index contributed by atoms with van der Waals surface area (Å²) in [5, 5.41) is 2.80. The standard InChI is InChI=1S/C9H9NO.C3H8.H2/c1-6-3-2-4-8-7(6)5-9(11)10-8;1-3-2;/h2-4H,5H2,1H3,(H,10,11);3H2,1-2H3;1H. The summed E-state index contributed by atoms with van der Waals surface area (Å²) in [5.74, 6) is 0.106. The Bertz CT molecular complexity index is 336. The van der Waals surface area contributed by atoms with Crippen LogP contribution in [0.25, 0.3) is 0 Å². The minimum Gasteiger partial charge on any atom is -0.326 e. The molecule has 14 heavy (non-hydrogen) atoms. The molecule has 2 nitrogen and oxygen atoms in total. The van der Waals surface area contributed by atoms with Crippen LogP contribution in [-0.2, 0) is 11.2 Å². The molecule has 0 saturated heterocycles. The third-order valence-corrected chi connectivity index (χ3v) is 2.02. The zero-order valence-electron chi connectivity index (χ0n) is 9.05. The van der Waals surface area contributed by atoms with Crippen LogP contribution in [0.3, 0.4) is 0 Å². The molecule has 0 unspecified atom stereocenters. The van der Waals surface area contributed by atoms with E-state index in [1.54, 1.807) is 0 Å². The monoisotopic (exact) mass is 193 g/mol. The average Bonchev–Trinajstić information content (AvgIpc) is 2.48. The Morgan fingerprint density at radius 3 is 2.64 bits per heavy atom. The van der Waals surface area contributed by atoms with Gasteiger partial charge in [-0.15, -0.1) is 0 Å². The van der Waals surface area contributed by atoms with E-state index in [9.17, 15) is 4.79 Å². The Balaban J connectivity index is 0.000000443. The number of fused-ring (bicyclic) bond motifs is 1. The molecule has 0 atom stereocenters. The van der Waals surface area contributed by atoms with Crippen molar-refractivity contribution in [1.82, 2.24) is 0 Å². The van der Waals surface area contributed by atoms with Gasteiger partial charge in [-0.3, -0.25) is 4.79 Å². The van der Waals surface area contributed by atoms with Crippen LogP contribution < -0.4 is 5.32 Å². The highest BCUT2D eigenvalue weighted by Gasteiger charge is 2.17. The van der Waals surface area contributed by atoms with Gasteiger partial charge in [-0.1, -0.05) is 32.4 Å². The van der Waals surface area contributed by atoms with Gasteiger partial charge in [0.25, 0.3) is 0 Å². The molecule has 0 aromatic heterocycles. The van der Waals surface area contributed by atoms with Crippen molar-refractivity contribution in [3.63, 3.8) is 0 Å². The van der Waals surface area contributed by atoms with E-state index in [0.29, 0.717) is 6.42 Å². The van der Waals surface area contributed by atoms with Gasteiger partial charge in [0.1, 0.15) is 0 Å². The third kappa shape index (κ3) is 2.34. The van der Waals surface area contributed by atoms with Crippen LogP contribution >= 0.6 is 0 Å². The number of carbonyl (C=O) groups is 1. The molecule has 0 fully saturated rings. The van der Waals surface area contributed by atoms with Gasteiger partial charge in [-0.25, -0.2) is 0 Å². The van der Waals surface area contributed by atoms with E-state index < -0.39 is 0 Å². The molecule has 1 aromatic rings. The second-order valence-electron chi connectivity index (χ2n) is 3.53. The number of amides is 1. The summed E-state index contributed by atoms with van der Waals surface area (Å²) in [7, 11) is 0. The molecule has 1 heterocycles. The normalized spacial score (nSPS) is 12.6. The number of aryl methyl sites for hydroxylation is 1. The number of carbonyl (C=O) groups excluding carboxylic acids is 1. The molecule has 1 N–H and O–H groups in total. The SMILES string of the molecule is CCC.Cc1cccc2c1CC(=O)N2.[HH]. The van der Waals surface area contributed by atoms with E-state index in [1.165, 1.54) is 12.0 Å². The van der Waals surface area contributed by atoms with Crippen molar-refractivity contribution in [1.29, 1.82) is 0 Å². The summed E-state index contributed by atoms with van der Waals surface area (Å²) in [6.07, 6.45) is 1.79. The highest BCUT2D eigenvalue weighted by Crippen LogP contribution is 2.24. The molecule has 1 aromatic carbocycles. The predicted molar refractivity (Wildman–Crippen MR) is 61.6 cm³/mol. The lowest BCUT2D eigenvalue weighted by Gasteiger charge is -1.99. The zero-order chi connectivity index (χ0) is 10.6. The topological polar surface area (TPSA) is 29.1 Å². The van der Waals surface area contributed by atoms with E-state index >= 15 is 0 Å². The molecule has 2 heteroatoms. The summed E-state index contributed by atoms with van der Waals surface area (Å²) >= 11 is 0. The molecule has 0 spiro atoms. The molecular weight excluding hydrogens is 174 g/mol. The Morgan fingerprint density at radius 2 is 2.07 bits per heavy atom. The number of hydrogen-bond donors (Lipinski definition) is 1. The number of nitrogens with one attached hydrogen (secondary N) is 1. The first-order valence-corrected chi connectivity index (χ1v) is 5.07. The molecular formula is C12H19NO. The lowest BCUT2D eigenvalue weighted by molar-refractivity contribution is -0.115. The summed E-state index contributed by atoms with van der Waals surface area (Å²) in [6, 6.07) is 5.92. The first kappa shape index (κ1) is 10.8. The molecule has 0 saturated carbocycles. The third-order valence-electron chi connectivity index (χ3n) is 2.02. The Kier molecular flexibility index (Phi) is 3.69. The van der Waals surface area contributed by atoms with Crippen LogP contribution in [0, 0.1) is 6.92 Å². The van der Waals surface area contributed by atoms with Crippen molar-refractivity contribution in [2.75, 3.05) is 5.32 Å². The quantitative estimate of drug-likeness (QED) is 0.673. The molecule has 0 radical (unpaired) electrons. The molecule has 2 rings (SSSR count). The van der Waals surface area contributed by atoms with Gasteiger partial charge in [0.15, 0.2) is 0 Å². The molecule has 78 valence electrons. The maximum atomic E-state index is 10.9. The van der Waals surface area contributed by atoms with Crippen LogP contribution in [0.4, 0.5) is 5.69 Å². The molecule has 1 aliphatic heterocycles. The summed E-state index contributed by atoms with van der Waals surface area (Å²) < 4.78 is 0. The van der Waals surface area contributed by atoms with Gasteiger partial charge in [0, 0.05) is 7.11 Å². The second-order valence-corrected chi connectivity index (χ2v) is 3.53. The number of anilines is 1. The number of hydrogen-bond acceptors (Lipinski definition) is 1. The van der Waals surface area contributed by atoms with Crippen LogP contribution in [0.2, 0.25) is 0 Å². The largest absolute Gasteiger partial charge is 0.326 e. The van der Waals surface area contributed by atoms with Gasteiger partial charge in [0.2, 0.25) is 5.91 Å². The van der Waals surface area contributed by atoms with Gasteiger partial charge < -0.3 is 5.32 Å². The van der Waals surface area contributed by atoms with E-state index in [1.807, 2.05) is 25.1 Å². The fourth-order valence-corrected chi connectivity index (χ4v) is 1.41. The molecule has 1 aliphatic rings. The predicted octanol–water partition coefficient (Wildman–Crippen LogP) is 3.15. The first-order chi connectivity index (χ1) is 6.69. The Labute approximate surface area is 86.8 Å². The summed E-state index contributed by atoms with van der Waals surface area (Å²) in [4.78, 5) is 10.9. The van der Waals surface area contributed by atoms with Gasteiger partial charge in [-0.05, 0) is 24.1 Å². The maximum absolute atomic E-state index is 10.9. The van der Waals surface area contributed by atoms with Gasteiger partial charge in [-0.2, -0.15) is 0 Å². The average molecular weight is 193 g/mol. The Hall–Kier alpha value is -1.31. The molecule has 1 amide bonds. The van der Waals surface area contributed by atoms with Crippen molar-refractivity contribution < 1.29 is 6.22 Å². The van der Waals surface area contributed by atoms with Crippen molar-refractivity contribution in [3.05, 3.63) is 29.3 Å². The molecule has 0 aliphatic carbocycles. The summed E-state index contributed by atoms with van der Waals surface area (Å²) in [6.45, 7) is 6.28. The maximum Gasteiger partial charge on any atom is 0.228 e. The highest BCUT2D eigenvalue weighted by atomic mass is 16.1. The lowest BCUT2D eigenvalue weighted by Crippen LogP contribution is -2.03. The van der Waals surface area contributed by atoms with E-state index in [0.717, 1.165) is 11.3 Å². The van der Waals surface area contributed by atoms with Gasteiger partial charge >= 0.3 is 0 Å². The van der Waals surface area contributed by atoms with Crippen LogP contribution in [-0.4, -0.2) is 5.91 Å². The lowest BCUT2D eigenvalue weighted by atomic mass is 10.1. The van der Waals surface area contributed by atoms with Crippen molar-refractivity contribution in [2.24, 2.45) is 0 Å². The fraction of sp³-hybridized carbons (Fsp3) is 0.417. The van der Waals surface area contributed by atoms with Crippen LogP contribution in [0.1, 0.15) is 32.8 Å². The fourth-order valence-electron chi connectivity index (χ4n) is 1.41. The smallest absolute Gasteiger partial charge is 0.228 e. The number of rotatable bonds is 0. The first-order valence-electron chi connectivity index (χ1n) is 5.07. The van der Waals surface area contributed by atoms with E-state index in [2.05, 4.69) is 19.2 Å². The van der Waals surface area contributed by atoms with E-state index in [-0.39, 0.29) is 7.33 Å². The highest BCUT2D eigenvalue weighted by molar-refractivity contribution is 5.99. The molecule has 0 bridgehead atoms. The minimum absolute atomic E-state index is 0. The summed E-state index contributed by atoms with van der Waals surface area (Å²) in [5.41, 5.74) is 3.33. The van der Waals surface area contributed by atoms with Crippen LogP contribution in [0.15, 0.2) is 18.2 Å². The minimum atomic E-state index is 0. The second kappa shape index (κ2) is 4.80. The Morgan fingerprint density at radius 1 is 1.43 bits per heavy atom. The van der Waals surface area contributed by atoms with E-state index in [4.69, 9.17) is 0 Å². The van der Waals surface area contributed by atoms with Gasteiger partial charge in [0.05, 0.1) is 6.42 Å². The number of benzene rings is 1.